The van der Waals surface area contributed by atoms with Gasteiger partial charge in [0.1, 0.15) is 5.75 Å². The van der Waals surface area contributed by atoms with Gasteiger partial charge in [0.15, 0.2) is 0 Å². The molecule has 1 aromatic rings. The van der Waals surface area contributed by atoms with Gasteiger partial charge in [0.2, 0.25) is 0 Å². The van der Waals surface area contributed by atoms with Gasteiger partial charge in [0.25, 0.3) is 0 Å². The molecule has 18 heavy (non-hydrogen) atoms. The van der Waals surface area contributed by atoms with E-state index in [1.54, 1.807) is 13.2 Å². The summed E-state index contributed by atoms with van der Waals surface area (Å²) in [6.07, 6.45) is 2.83. The van der Waals surface area contributed by atoms with E-state index in [0.717, 1.165) is 21.9 Å². The van der Waals surface area contributed by atoms with E-state index in [0.29, 0.717) is 13.2 Å². The molecule has 1 heterocycles. The second-order valence-corrected chi connectivity index (χ2v) is 5.08. The van der Waals surface area contributed by atoms with Crippen molar-refractivity contribution in [3.8, 4) is 5.75 Å². The van der Waals surface area contributed by atoms with E-state index in [1.165, 1.54) is 0 Å². The van der Waals surface area contributed by atoms with E-state index in [-0.39, 0.29) is 0 Å². The number of carboxylic acids is 1. The molecule has 5 heteroatoms. The molecular weight excluding hydrogens is 300 g/mol. The third-order valence-corrected chi connectivity index (χ3v) is 3.46. The molecule has 1 fully saturated rings. The van der Waals surface area contributed by atoms with Crippen LogP contribution >= 0.6 is 15.9 Å². The zero-order chi connectivity index (χ0) is 13.2. The molecule has 2 rings (SSSR count). The summed E-state index contributed by atoms with van der Waals surface area (Å²) in [6.45, 7) is 0.924. The Bertz CT molecular complexity index is 492. The SMILES string of the molecule is COc1ccc(Br)cc1C1(/C=C/C(=O)O)COC1. The van der Waals surface area contributed by atoms with Crippen LogP contribution in [0.25, 0.3) is 0 Å². The van der Waals surface area contributed by atoms with Gasteiger partial charge in [-0.25, -0.2) is 4.79 Å². The standard InChI is InChI=1S/C13H13BrO4/c1-17-11-3-2-9(14)6-10(11)13(7-18-8-13)5-4-12(15)16/h2-6H,7-8H2,1H3,(H,15,16)/b5-4+. The lowest BCUT2D eigenvalue weighted by molar-refractivity contribution is -0.131. The molecule has 1 saturated heterocycles. The van der Waals surface area contributed by atoms with Crippen LogP contribution in [0.2, 0.25) is 0 Å². The van der Waals surface area contributed by atoms with E-state index >= 15 is 0 Å². The van der Waals surface area contributed by atoms with Crippen molar-refractivity contribution >= 4 is 21.9 Å². The van der Waals surface area contributed by atoms with E-state index in [1.807, 2.05) is 18.2 Å². The van der Waals surface area contributed by atoms with Crippen molar-refractivity contribution in [2.75, 3.05) is 20.3 Å². The first-order valence-corrected chi connectivity index (χ1v) is 6.21. The average Bonchev–Trinajstić information content (AvgIpc) is 2.27. The number of hydrogen-bond donors (Lipinski definition) is 1. The Labute approximate surface area is 113 Å². The van der Waals surface area contributed by atoms with Crippen LogP contribution in [-0.2, 0) is 14.9 Å². The lowest BCUT2D eigenvalue weighted by Crippen LogP contribution is -2.45. The van der Waals surface area contributed by atoms with Gasteiger partial charge in [0.05, 0.1) is 25.7 Å². The molecule has 1 aliphatic rings. The molecule has 0 spiro atoms. The Morgan fingerprint density at radius 2 is 2.28 bits per heavy atom. The van der Waals surface area contributed by atoms with Gasteiger partial charge < -0.3 is 14.6 Å². The molecule has 0 saturated carbocycles. The van der Waals surface area contributed by atoms with Crippen LogP contribution in [-0.4, -0.2) is 31.4 Å². The number of ether oxygens (including phenoxy) is 2. The zero-order valence-corrected chi connectivity index (χ0v) is 11.4. The predicted octanol–water partition coefficient (Wildman–Crippen LogP) is 2.37. The van der Waals surface area contributed by atoms with Crippen molar-refractivity contribution in [1.29, 1.82) is 0 Å². The minimum Gasteiger partial charge on any atom is -0.496 e. The number of carboxylic acid groups (broad SMARTS) is 1. The highest BCUT2D eigenvalue weighted by Crippen LogP contribution is 2.40. The summed E-state index contributed by atoms with van der Waals surface area (Å²) in [4.78, 5) is 10.7. The zero-order valence-electron chi connectivity index (χ0n) is 9.85. The highest BCUT2D eigenvalue weighted by molar-refractivity contribution is 9.10. The molecule has 0 aromatic heterocycles. The topological polar surface area (TPSA) is 55.8 Å². The molecule has 0 aliphatic carbocycles. The Balaban J connectivity index is 2.44. The Morgan fingerprint density at radius 3 is 2.78 bits per heavy atom. The summed E-state index contributed by atoms with van der Waals surface area (Å²) in [5.41, 5.74) is 0.524. The van der Waals surface area contributed by atoms with Crippen LogP contribution in [0.3, 0.4) is 0 Å². The number of aliphatic carboxylic acids is 1. The molecule has 0 radical (unpaired) electrons. The number of hydrogen-bond acceptors (Lipinski definition) is 3. The van der Waals surface area contributed by atoms with Crippen LogP contribution in [0.1, 0.15) is 5.56 Å². The molecule has 1 aromatic carbocycles. The van der Waals surface area contributed by atoms with Crippen molar-refractivity contribution < 1.29 is 19.4 Å². The minimum absolute atomic E-state index is 0.409. The molecule has 0 amide bonds. The van der Waals surface area contributed by atoms with E-state index < -0.39 is 11.4 Å². The summed E-state index contributed by atoms with van der Waals surface area (Å²) < 4.78 is 11.5. The smallest absolute Gasteiger partial charge is 0.328 e. The lowest BCUT2D eigenvalue weighted by atomic mass is 9.78. The fourth-order valence-corrected chi connectivity index (χ4v) is 2.32. The van der Waals surface area contributed by atoms with Crippen molar-refractivity contribution in [1.82, 2.24) is 0 Å². The molecule has 96 valence electrons. The van der Waals surface area contributed by atoms with Gasteiger partial charge >= 0.3 is 5.97 Å². The predicted molar refractivity (Wildman–Crippen MR) is 70.0 cm³/mol. The first kappa shape index (κ1) is 13.1. The van der Waals surface area contributed by atoms with Gasteiger partial charge in [-0.2, -0.15) is 0 Å². The summed E-state index contributed by atoms with van der Waals surface area (Å²) in [6, 6.07) is 5.68. The first-order chi connectivity index (χ1) is 8.57. The second kappa shape index (κ2) is 5.12. The molecule has 0 bridgehead atoms. The molecule has 1 aliphatic heterocycles. The number of halogens is 1. The van der Waals surface area contributed by atoms with Crippen LogP contribution in [0.5, 0.6) is 5.75 Å². The maximum atomic E-state index is 10.7. The van der Waals surface area contributed by atoms with Crippen LogP contribution in [0.4, 0.5) is 0 Å². The normalized spacial score (nSPS) is 17.4. The van der Waals surface area contributed by atoms with Crippen LogP contribution in [0, 0.1) is 0 Å². The van der Waals surface area contributed by atoms with E-state index in [4.69, 9.17) is 14.6 Å². The van der Waals surface area contributed by atoms with Gasteiger partial charge in [0, 0.05) is 16.1 Å². The number of rotatable bonds is 4. The highest BCUT2D eigenvalue weighted by atomic mass is 79.9. The van der Waals surface area contributed by atoms with Crippen molar-refractivity contribution in [2.45, 2.75) is 5.41 Å². The fourth-order valence-electron chi connectivity index (χ4n) is 1.96. The number of methoxy groups -OCH3 is 1. The summed E-state index contributed by atoms with van der Waals surface area (Å²) in [5, 5.41) is 8.76. The maximum absolute atomic E-state index is 10.7. The monoisotopic (exact) mass is 312 g/mol. The maximum Gasteiger partial charge on any atom is 0.328 e. The Morgan fingerprint density at radius 1 is 1.56 bits per heavy atom. The van der Waals surface area contributed by atoms with Crippen molar-refractivity contribution in [2.24, 2.45) is 0 Å². The largest absolute Gasteiger partial charge is 0.496 e. The summed E-state index contributed by atoms with van der Waals surface area (Å²) in [7, 11) is 1.60. The third kappa shape index (κ3) is 2.42. The highest BCUT2D eigenvalue weighted by Gasteiger charge is 2.40. The molecule has 1 N–H and O–H groups in total. The molecule has 4 nitrogen and oxygen atoms in total. The Kier molecular flexibility index (Phi) is 3.73. The quantitative estimate of drug-likeness (QED) is 0.867. The van der Waals surface area contributed by atoms with E-state index in [9.17, 15) is 4.79 Å². The summed E-state index contributed by atoms with van der Waals surface area (Å²) in [5.74, 6) is -0.230. The van der Waals surface area contributed by atoms with Gasteiger partial charge in [-0.05, 0) is 18.2 Å². The molecular formula is C13H13BrO4. The van der Waals surface area contributed by atoms with Crippen LogP contribution < -0.4 is 4.74 Å². The summed E-state index contributed by atoms with van der Waals surface area (Å²) >= 11 is 3.41. The van der Waals surface area contributed by atoms with Gasteiger partial charge in [-0.3, -0.25) is 0 Å². The third-order valence-electron chi connectivity index (χ3n) is 2.96. The fraction of sp³-hybridized carbons (Fsp3) is 0.308. The lowest BCUT2D eigenvalue weighted by Gasteiger charge is -2.40. The van der Waals surface area contributed by atoms with Gasteiger partial charge in [-0.15, -0.1) is 0 Å². The van der Waals surface area contributed by atoms with Crippen molar-refractivity contribution in [3.05, 3.63) is 40.4 Å². The van der Waals surface area contributed by atoms with Crippen molar-refractivity contribution in [3.63, 3.8) is 0 Å². The second-order valence-electron chi connectivity index (χ2n) is 4.17. The number of carbonyl (C=O) groups is 1. The number of benzene rings is 1. The molecule has 0 unspecified atom stereocenters. The average molecular weight is 313 g/mol. The Hall–Kier alpha value is -1.33. The van der Waals surface area contributed by atoms with Crippen LogP contribution in [0.15, 0.2) is 34.8 Å². The molecule has 0 atom stereocenters. The van der Waals surface area contributed by atoms with E-state index in [2.05, 4.69) is 15.9 Å². The van der Waals surface area contributed by atoms with Gasteiger partial charge in [-0.1, -0.05) is 22.0 Å². The minimum atomic E-state index is -0.963. The first-order valence-electron chi connectivity index (χ1n) is 5.41.